The lowest BCUT2D eigenvalue weighted by molar-refractivity contribution is -0.189. The molecule has 0 heterocycles. The molecule has 0 unspecified atom stereocenters. The van der Waals surface area contributed by atoms with Gasteiger partial charge in [-0.1, -0.05) is 48.4 Å². The fraction of sp³-hybridized carbons (Fsp3) is 0.111. The molecule has 47 heavy (non-hydrogen) atoms. The lowest BCUT2D eigenvalue weighted by atomic mass is 9.97. The Hall–Kier alpha value is -5.24. The van der Waals surface area contributed by atoms with Gasteiger partial charge >= 0.3 is 12.3 Å². The summed E-state index contributed by atoms with van der Waals surface area (Å²) >= 11 is 0. The number of hydrogen-bond donors (Lipinski definition) is 0. The summed E-state index contributed by atoms with van der Waals surface area (Å²) in [5.74, 6) is -6.09. The van der Waals surface area contributed by atoms with E-state index in [9.17, 15) is 22.0 Å². The fourth-order valence-electron chi connectivity index (χ4n) is 4.89. The Labute approximate surface area is 261 Å². The molecule has 5 aromatic carbocycles. The average Bonchev–Trinajstić information content (AvgIpc) is 2.98. The highest BCUT2D eigenvalue weighted by Crippen LogP contribution is 2.39. The molecule has 0 aliphatic carbocycles. The molecule has 0 saturated heterocycles. The van der Waals surface area contributed by atoms with Crippen molar-refractivity contribution in [2.75, 3.05) is 0 Å². The van der Waals surface area contributed by atoms with E-state index in [4.69, 9.17) is 0 Å². The van der Waals surface area contributed by atoms with Crippen molar-refractivity contribution in [3.63, 3.8) is 0 Å². The highest BCUT2D eigenvalue weighted by atomic mass is 19.4. The number of rotatable bonds is 8. The van der Waals surface area contributed by atoms with E-state index in [1.54, 1.807) is 18.2 Å². The van der Waals surface area contributed by atoms with Crippen molar-refractivity contribution >= 4 is 10.8 Å². The number of halogens is 10. The summed E-state index contributed by atoms with van der Waals surface area (Å²) in [5, 5.41) is -0.895. The molecule has 11 heteroatoms. The van der Waals surface area contributed by atoms with Crippen LogP contribution in [-0.4, -0.2) is 6.18 Å². The number of ether oxygens (including phenoxy) is 1. The predicted molar refractivity (Wildman–Crippen MR) is 157 cm³/mol. The quantitative estimate of drug-likeness (QED) is 0.0916. The van der Waals surface area contributed by atoms with Gasteiger partial charge in [-0.15, -0.1) is 6.58 Å². The van der Waals surface area contributed by atoms with Gasteiger partial charge in [0.1, 0.15) is 40.4 Å². The largest absolute Gasteiger partial charge is 0.458 e. The Kier molecular flexibility index (Phi) is 9.07. The monoisotopic (exact) mass is 658 g/mol. The first-order chi connectivity index (χ1) is 22.2. The second-order valence-corrected chi connectivity index (χ2v) is 10.3. The normalized spacial score (nSPS) is 11.7. The van der Waals surface area contributed by atoms with Crippen LogP contribution in [0, 0.1) is 40.9 Å². The van der Waals surface area contributed by atoms with Gasteiger partial charge < -0.3 is 4.74 Å². The van der Waals surface area contributed by atoms with E-state index in [1.165, 1.54) is 18.1 Å². The SMILES string of the molecule is C=CCCc1ccc(-c2ccc(-c3cc(F)c(C(F)(F)Oc4ccc5c(F)c(C#CC(F)(F)F)c(F)cc5c4)c(F)c3)c(F)c2)cc1. The molecule has 0 spiro atoms. The highest BCUT2D eigenvalue weighted by Gasteiger charge is 2.41. The summed E-state index contributed by atoms with van der Waals surface area (Å²) in [6.07, 6.45) is -6.35. The maximum Gasteiger partial charge on any atom is 0.458 e. The Morgan fingerprint density at radius 1 is 0.681 bits per heavy atom. The van der Waals surface area contributed by atoms with Gasteiger partial charge in [0.2, 0.25) is 0 Å². The van der Waals surface area contributed by atoms with Crippen molar-refractivity contribution in [2.24, 2.45) is 0 Å². The van der Waals surface area contributed by atoms with Gasteiger partial charge in [0.05, 0.1) is 5.56 Å². The van der Waals surface area contributed by atoms with Gasteiger partial charge in [0, 0.05) is 16.9 Å². The lowest BCUT2D eigenvalue weighted by Crippen LogP contribution is -2.25. The molecule has 0 aliphatic rings. The minimum absolute atomic E-state index is 0.261. The first-order valence-corrected chi connectivity index (χ1v) is 13.7. The summed E-state index contributed by atoms with van der Waals surface area (Å²) in [5.41, 5.74) is -1.44. The standard InChI is InChI=1S/C36H20F10O/c1-2-3-4-20-5-7-21(8-6-20)22-9-11-26(29(37)16-22)24-18-31(39)33(32(40)19-24)36(45,46)47-25-10-12-27-23(15-25)17-30(38)28(34(27)41)13-14-35(42,43)44/h2,5-12,15-19H,1,3-4H2. The van der Waals surface area contributed by atoms with Gasteiger partial charge in [0.25, 0.3) is 0 Å². The van der Waals surface area contributed by atoms with Crippen molar-refractivity contribution in [1.82, 2.24) is 0 Å². The molecule has 0 radical (unpaired) electrons. The molecule has 0 amide bonds. The zero-order chi connectivity index (χ0) is 34.1. The molecule has 5 aromatic rings. The first-order valence-electron chi connectivity index (χ1n) is 13.7. The average molecular weight is 659 g/mol. The van der Waals surface area contributed by atoms with Crippen LogP contribution in [0.25, 0.3) is 33.0 Å². The zero-order valence-electron chi connectivity index (χ0n) is 23.9. The summed E-state index contributed by atoms with van der Waals surface area (Å²) < 4.78 is 146. The van der Waals surface area contributed by atoms with Crippen molar-refractivity contribution in [3.8, 4) is 39.8 Å². The third-order valence-corrected chi connectivity index (χ3v) is 7.11. The molecule has 0 N–H and O–H groups in total. The molecular weight excluding hydrogens is 638 g/mol. The number of hydrogen-bond acceptors (Lipinski definition) is 1. The minimum Gasteiger partial charge on any atom is -0.429 e. The van der Waals surface area contributed by atoms with Crippen LogP contribution in [0.3, 0.4) is 0 Å². The second kappa shape index (κ2) is 12.9. The summed E-state index contributed by atoms with van der Waals surface area (Å²) in [7, 11) is 0. The van der Waals surface area contributed by atoms with Gasteiger partial charge in [-0.2, -0.15) is 22.0 Å². The number of allylic oxidation sites excluding steroid dienone is 1. The van der Waals surface area contributed by atoms with Crippen molar-refractivity contribution in [3.05, 3.63) is 137 Å². The molecular formula is C36H20F10O. The molecule has 5 rings (SSSR count). The molecule has 0 fully saturated rings. The molecule has 0 atom stereocenters. The maximum absolute atomic E-state index is 15.1. The van der Waals surface area contributed by atoms with Crippen LogP contribution >= 0.6 is 0 Å². The smallest absolute Gasteiger partial charge is 0.429 e. The van der Waals surface area contributed by atoms with Crippen LogP contribution in [0.4, 0.5) is 43.9 Å². The Morgan fingerprint density at radius 3 is 1.94 bits per heavy atom. The minimum atomic E-state index is -5.03. The summed E-state index contributed by atoms with van der Waals surface area (Å²) in [6.45, 7) is 3.67. The molecule has 0 aromatic heterocycles. The topological polar surface area (TPSA) is 9.23 Å². The third-order valence-electron chi connectivity index (χ3n) is 7.11. The van der Waals surface area contributed by atoms with Crippen LogP contribution in [0.1, 0.15) is 23.1 Å². The van der Waals surface area contributed by atoms with Crippen LogP contribution in [0.5, 0.6) is 5.75 Å². The number of fused-ring (bicyclic) bond motifs is 1. The maximum atomic E-state index is 15.1. The molecule has 240 valence electrons. The predicted octanol–water partition coefficient (Wildman–Crippen LogP) is 11.0. The van der Waals surface area contributed by atoms with Gasteiger partial charge in [-0.25, -0.2) is 22.0 Å². The van der Waals surface area contributed by atoms with E-state index < -0.39 is 69.0 Å². The third kappa shape index (κ3) is 7.27. The van der Waals surface area contributed by atoms with E-state index >= 15 is 22.0 Å². The highest BCUT2D eigenvalue weighted by molar-refractivity contribution is 5.86. The van der Waals surface area contributed by atoms with Crippen LogP contribution < -0.4 is 4.74 Å². The molecule has 0 saturated carbocycles. The van der Waals surface area contributed by atoms with Crippen LogP contribution in [-0.2, 0) is 12.5 Å². The second-order valence-electron chi connectivity index (χ2n) is 10.3. The Balaban J connectivity index is 1.40. The van der Waals surface area contributed by atoms with E-state index in [-0.39, 0.29) is 11.1 Å². The van der Waals surface area contributed by atoms with E-state index in [1.807, 2.05) is 12.1 Å². The lowest BCUT2D eigenvalue weighted by Gasteiger charge is -2.20. The molecule has 1 nitrogen and oxygen atoms in total. The van der Waals surface area contributed by atoms with E-state index in [2.05, 4.69) is 11.3 Å². The van der Waals surface area contributed by atoms with Crippen LogP contribution in [0.15, 0.2) is 91.5 Å². The van der Waals surface area contributed by atoms with Gasteiger partial charge in [-0.05, 0) is 82.9 Å². The van der Waals surface area contributed by atoms with Crippen molar-refractivity contribution < 1.29 is 48.6 Å². The van der Waals surface area contributed by atoms with Crippen molar-refractivity contribution in [2.45, 2.75) is 25.1 Å². The molecule has 0 bridgehead atoms. The number of aryl methyl sites for hydroxylation is 1. The number of benzene rings is 5. The zero-order valence-corrected chi connectivity index (χ0v) is 23.9. The summed E-state index contributed by atoms with van der Waals surface area (Å²) in [6, 6.07) is 15.0. The van der Waals surface area contributed by atoms with E-state index in [0.717, 1.165) is 42.5 Å². The van der Waals surface area contributed by atoms with Gasteiger partial charge in [-0.3, -0.25) is 0 Å². The fourth-order valence-corrected chi connectivity index (χ4v) is 4.89. The van der Waals surface area contributed by atoms with Crippen LogP contribution in [0.2, 0.25) is 0 Å². The summed E-state index contributed by atoms with van der Waals surface area (Å²) in [4.78, 5) is 0. The number of alkyl halides is 5. The first kappa shape index (κ1) is 33.1. The van der Waals surface area contributed by atoms with E-state index in [0.29, 0.717) is 35.4 Å². The molecule has 0 aliphatic heterocycles. The van der Waals surface area contributed by atoms with Crippen molar-refractivity contribution in [1.29, 1.82) is 0 Å². The Bertz CT molecular complexity index is 2030. The van der Waals surface area contributed by atoms with Gasteiger partial charge in [0.15, 0.2) is 0 Å². The Morgan fingerprint density at radius 2 is 1.32 bits per heavy atom.